The topological polar surface area (TPSA) is 77.9 Å². The number of carbonyl (C=O) groups is 1. The molecule has 0 radical (unpaired) electrons. The molecule has 1 N–H and O–H groups in total. The number of hydrogen-bond donors (Lipinski definition) is 1. The average molecular weight is 312 g/mol. The SMILES string of the molecule is CC1CN(S(C)(=O)=O)CC(CC(=O)O)N1c1ccccc1. The van der Waals surface area contributed by atoms with E-state index >= 15 is 0 Å². The highest BCUT2D eigenvalue weighted by molar-refractivity contribution is 7.88. The number of nitrogens with zero attached hydrogens (tertiary/aromatic N) is 2. The Kier molecular flexibility index (Phi) is 4.53. The highest BCUT2D eigenvalue weighted by atomic mass is 32.2. The molecule has 1 aliphatic heterocycles. The van der Waals surface area contributed by atoms with Crippen molar-refractivity contribution < 1.29 is 18.3 Å². The summed E-state index contributed by atoms with van der Waals surface area (Å²) < 4.78 is 24.9. The second-order valence-corrected chi connectivity index (χ2v) is 7.41. The summed E-state index contributed by atoms with van der Waals surface area (Å²) in [5, 5.41) is 9.11. The molecule has 0 amide bonds. The minimum atomic E-state index is -3.32. The summed E-state index contributed by atoms with van der Waals surface area (Å²) in [6, 6.07) is 9.06. The van der Waals surface area contributed by atoms with E-state index in [0.717, 1.165) is 11.9 Å². The van der Waals surface area contributed by atoms with Gasteiger partial charge in [-0.25, -0.2) is 8.42 Å². The van der Waals surface area contributed by atoms with Gasteiger partial charge in [0, 0.05) is 24.8 Å². The van der Waals surface area contributed by atoms with Crippen molar-refractivity contribution in [2.45, 2.75) is 25.4 Å². The number of benzene rings is 1. The van der Waals surface area contributed by atoms with Crippen LogP contribution in [0.5, 0.6) is 0 Å². The zero-order chi connectivity index (χ0) is 15.6. The Morgan fingerprint density at radius 3 is 2.43 bits per heavy atom. The van der Waals surface area contributed by atoms with Crippen molar-refractivity contribution >= 4 is 21.7 Å². The Balaban J connectivity index is 2.32. The molecule has 0 spiro atoms. The molecule has 1 fully saturated rings. The summed E-state index contributed by atoms with van der Waals surface area (Å²) in [6.07, 6.45) is 1.07. The Bertz CT molecular complexity index is 603. The van der Waals surface area contributed by atoms with Crippen LogP contribution < -0.4 is 4.90 Å². The average Bonchev–Trinajstić information content (AvgIpc) is 2.37. The first kappa shape index (κ1) is 15.8. The van der Waals surface area contributed by atoms with Gasteiger partial charge in [0.05, 0.1) is 18.7 Å². The minimum absolute atomic E-state index is 0.0831. The van der Waals surface area contributed by atoms with Gasteiger partial charge in [-0.3, -0.25) is 4.79 Å². The second kappa shape index (κ2) is 6.03. The number of para-hydroxylation sites is 1. The Morgan fingerprint density at radius 2 is 1.90 bits per heavy atom. The third kappa shape index (κ3) is 3.74. The molecular weight excluding hydrogens is 292 g/mol. The highest BCUT2D eigenvalue weighted by Crippen LogP contribution is 2.27. The first-order valence-corrected chi connectivity index (χ1v) is 8.64. The van der Waals surface area contributed by atoms with E-state index in [1.807, 2.05) is 42.2 Å². The zero-order valence-electron chi connectivity index (χ0n) is 12.1. The Hall–Kier alpha value is -1.60. The van der Waals surface area contributed by atoms with Crippen LogP contribution in [0.4, 0.5) is 5.69 Å². The first-order valence-electron chi connectivity index (χ1n) is 6.79. The standard InChI is InChI=1S/C14H20N2O4S/c1-11-9-15(21(2,19)20)10-13(8-14(17)18)16(11)12-6-4-3-5-7-12/h3-7,11,13H,8-10H2,1-2H3,(H,17,18). The van der Waals surface area contributed by atoms with Gasteiger partial charge in [0.1, 0.15) is 0 Å². The molecule has 6 nitrogen and oxygen atoms in total. The molecule has 2 unspecified atom stereocenters. The molecule has 2 rings (SSSR count). The molecule has 1 aromatic carbocycles. The van der Waals surface area contributed by atoms with Gasteiger partial charge in [0.2, 0.25) is 10.0 Å². The Morgan fingerprint density at radius 1 is 1.29 bits per heavy atom. The number of piperazine rings is 1. The fraction of sp³-hybridized carbons (Fsp3) is 0.500. The maximum absolute atomic E-state index is 11.8. The van der Waals surface area contributed by atoms with Gasteiger partial charge >= 0.3 is 5.97 Å². The van der Waals surface area contributed by atoms with Gasteiger partial charge in [0.25, 0.3) is 0 Å². The second-order valence-electron chi connectivity index (χ2n) is 5.42. The lowest BCUT2D eigenvalue weighted by molar-refractivity contribution is -0.137. The van der Waals surface area contributed by atoms with Crippen LogP contribution in [0.15, 0.2) is 30.3 Å². The molecule has 116 valence electrons. The third-order valence-corrected chi connectivity index (χ3v) is 4.92. The van der Waals surface area contributed by atoms with Crippen molar-refractivity contribution in [3.8, 4) is 0 Å². The smallest absolute Gasteiger partial charge is 0.305 e. The van der Waals surface area contributed by atoms with Crippen molar-refractivity contribution in [2.75, 3.05) is 24.2 Å². The van der Waals surface area contributed by atoms with E-state index in [1.165, 1.54) is 4.31 Å². The quantitative estimate of drug-likeness (QED) is 0.897. The summed E-state index contributed by atoms with van der Waals surface area (Å²) in [4.78, 5) is 13.1. The normalized spacial score (nSPS) is 24.0. The van der Waals surface area contributed by atoms with Crippen LogP contribution in [0, 0.1) is 0 Å². The predicted molar refractivity (Wildman–Crippen MR) is 80.8 cm³/mol. The van der Waals surface area contributed by atoms with Crippen molar-refractivity contribution in [2.24, 2.45) is 0 Å². The molecule has 2 atom stereocenters. The van der Waals surface area contributed by atoms with Crippen LogP contribution in [0.1, 0.15) is 13.3 Å². The van der Waals surface area contributed by atoms with E-state index in [0.29, 0.717) is 6.54 Å². The van der Waals surface area contributed by atoms with Crippen molar-refractivity contribution in [3.63, 3.8) is 0 Å². The number of anilines is 1. The van der Waals surface area contributed by atoms with Gasteiger partial charge in [-0.1, -0.05) is 18.2 Å². The lowest BCUT2D eigenvalue weighted by Crippen LogP contribution is -2.59. The van der Waals surface area contributed by atoms with E-state index in [-0.39, 0.29) is 25.0 Å². The van der Waals surface area contributed by atoms with Gasteiger partial charge in [0.15, 0.2) is 0 Å². The van der Waals surface area contributed by atoms with Gasteiger partial charge in [-0.05, 0) is 19.1 Å². The molecule has 1 aromatic rings. The maximum atomic E-state index is 11.8. The van der Waals surface area contributed by atoms with Crippen LogP contribution in [0.25, 0.3) is 0 Å². The van der Waals surface area contributed by atoms with E-state index < -0.39 is 16.0 Å². The number of rotatable bonds is 4. The summed E-state index contributed by atoms with van der Waals surface area (Å²) >= 11 is 0. The summed E-state index contributed by atoms with van der Waals surface area (Å²) in [5.41, 5.74) is 0.921. The van der Waals surface area contributed by atoms with Crippen LogP contribution in [0.3, 0.4) is 0 Å². The van der Waals surface area contributed by atoms with E-state index in [4.69, 9.17) is 5.11 Å². The lowest BCUT2D eigenvalue weighted by atomic mass is 10.0. The minimum Gasteiger partial charge on any atom is -0.481 e. The fourth-order valence-corrected chi connectivity index (χ4v) is 3.77. The van der Waals surface area contributed by atoms with Crippen molar-refractivity contribution in [3.05, 3.63) is 30.3 Å². The van der Waals surface area contributed by atoms with Crippen molar-refractivity contribution in [1.29, 1.82) is 0 Å². The van der Waals surface area contributed by atoms with Gasteiger partial charge < -0.3 is 10.0 Å². The van der Waals surface area contributed by atoms with E-state index in [2.05, 4.69) is 0 Å². The molecular formula is C14H20N2O4S. The third-order valence-electron chi connectivity index (χ3n) is 3.68. The summed E-state index contributed by atoms with van der Waals surface area (Å²) in [5.74, 6) is -0.927. The fourth-order valence-electron chi connectivity index (χ4n) is 2.84. The number of sulfonamides is 1. The molecule has 1 saturated heterocycles. The summed E-state index contributed by atoms with van der Waals surface area (Å²) in [7, 11) is -3.32. The highest BCUT2D eigenvalue weighted by Gasteiger charge is 2.36. The molecule has 0 aliphatic carbocycles. The summed E-state index contributed by atoms with van der Waals surface area (Å²) in [6.45, 7) is 2.48. The van der Waals surface area contributed by atoms with Crippen LogP contribution in [-0.4, -0.2) is 55.2 Å². The molecule has 1 heterocycles. The van der Waals surface area contributed by atoms with E-state index in [1.54, 1.807) is 0 Å². The molecule has 0 aromatic heterocycles. The maximum Gasteiger partial charge on any atom is 0.305 e. The van der Waals surface area contributed by atoms with Crippen molar-refractivity contribution in [1.82, 2.24) is 4.31 Å². The van der Waals surface area contributed by atoms with Crippen LogP contribution in [-0.2, 0) is 14.8 Å². The number of carboxylic acids is 1. The molecule has 21 heavy (non-hydrogen) atoms. The number of hydrogen-bond acceptors (Lipinski definition) is 4. The van der Waals surface area contributed by atoms with E-state index in [9.17, 15) is 13.2 Å². The zero-order valence-corrected chi connectivity index (χ0v) is 13.0. The molecule has 7 heteroatoms. The van der Waals surface area contributed by atoms with Crippen LogP contribution in [0.2, 0.25) is 0 Å². The van der Waals surface area contributed by atoms with Crippen LogP contribution >= 0.6 is 0 Å². The largest absolute Gasteiger partial charge is 0.481 e. The van der Waals surface area contributed by atoms with Gasteiger partial charge in [-0.15, -0.1) is 0 Å². The molecule has 0 saturated carbocycles. The predicted octanol–water partition coefficient (Wildman–Crippen LogP) is 1.00. The monoisotopic (exact) mass is 312 g/mol. The number of aliphatic carboxylic acids is 1. The molecule has 0 bridgehead atoms. The number of carboxylic acid groups (broad SMARTS) is 1. The molecule has 1 aliphatic rings. The first-order chi connectivity index (χ1) is 9.79. The lowest BCUT2D eigenvalue weighted by Gasteiger charge is -2.45. The Labute approximate surface area is 125 Å². The van der Waals surface area contributed by atoms with Gasteiger partial charge in [-0.2, -0.15) is 4.31 Å².